The van der Waals surface area contributed by atoms with Crippen molar-refractivity contribution in [2.75, 3.05) is 0 Å². The lowest BCUT2D eigenvalue weighted by molar-refractivity contribution is 0.743. The minimum Gasteiger partial charge on any atom is -0.294 e. The van der Waals surface area contributed by atoms with Crippen LogP contribution in [0.2, 0.25) is 5.15 Å². The molecule has 0 aliphatic rings. The topological polar surface area (TPSA) is 34.9 Å². The molecule has 1 heterocycles. The van der Waals surface area contributed by atoms with Crippen molar-refractivity contribution in [3.8, 4) is 0 Å². The molecule has 0 amide bonds. The molecule has 1 aromatic rings. The Morgan fingerprint density at radius 1 is 1.71 bits per heavy atom. The lowest BCUT2D eigenvalue weighted by Crippen LogP contribution is -2.22. The van der Waals surface area contributed by atoms with Crippen LogP contribution in [-0.4, -0.2) is 9.55 Å². The van der Waals surface area contributed by atoms with Crippen molar-refractivity contribution in [1.82, 2.24) is 9.55 Å². The van der Waals surface area contributed by atoms with Crippen LogP contribution in [0.1, 0.15) is 13.8 Å². The lowest BCUT2D eigenvalue weighted by atomic mass is 10.3. The molecule has 0 N–H and O–H groups in total. The largest absolute Gasteiger partial charge is 0.294 e. The lowest BCUT2D eigenvalue weighted by Gasteiger charge is -2.02. The van der Waals surface area contributed by atoms with Crippen LogP contribution in [0.3, 0.4) is 0 Å². The summed E-state index contributed by atoms with van der Waals surface area (Å²) in [6.07, 6.45) is 3.43. The highest BCUT2D eigenvalue weighted by Crippen LogP contribution is 2.09. The van der Waals surface area contributed by atoms with Gasteiger partial charge in [0.2, 0.25) is 0 Å². The molecule has 0 aliphatic heterocycles. The van der Waals surface area contributed by atoms with E-state index in [2.05, 4.69) is 4.98 Å². The van der Waals surface area contributed by atoms with Gasteiger partial charge in [-0.3, -0.25) is 9.36 Å². The van der Waals surface area contributed by atoms with Gasteiger partial charge < -0.3 is 0 Å². The van der Waals surface area contributed by atoms with Gasteiger partial charge in [0.25, 0.3) is 5.56 Å². The molecular formula is C9H10ClIN2O. The Bertz CT molecular complexity index is 421. The van der Waals surface area contributed by atoms with Crippen molar-refractivity contribution < 1.29 is 0 Å². The van der Waals surface area contributed by atoms with Gasteiger partial charge in [-0.25, -0.2) is 4.98 Å². The molecule has 0 spiro atoms. The molecule has 0 fully saturated rings. The van der Waals surface area contributed by atoms with Crippen LogP contribution in [0.5, 0.6) is 0 Å². The standard InChI is InChI=1S/C9H10ClIN2O/c1-6(2)3-4-13-5-12-8(10)7(11)9(13)14/h3,5H,4H2,1-2H3. The van der Waals surface area contributed by atoms with Crippen LogP contribution < -0.4 is 5.56 Å². The Hall–Kier alpha value is -0.360. The number of halogens is 2. The van der Waals surface area contributed by atoms with E-state index >= 15 is 0 Å². The summed E-state index contributed by atoms with van der Waals surface area (Å²) in [7, 11) is 0. The van der Waals surface area contributed by atoms with E-state index in [4.69, 9.17) is 11.6 Å². The second kappa shape index (κ2) is 4.93. The number of rotatable bonds is 2. The normalized spacial score (nSPS) is 10.0. The summed E-state index contributed by atoms with van der Waals surface area (Å²) in [4.78, 5) is 15.5. The fourth-order valence-corrected chi connectivity index (χ4v) is 1.43. The zero-order valence-electron chi connectivity index (χ0n) is 7.92. The fraction of sp³-hybridized carbons (Fsp3) is 0.333. The number of allylic oxidation sites excluding steroid dienone is 2. The highest BCUT2D eigenvalue weighted by molar-refractivity contribution is 14.1. The van der Waals surface area contributed by atoms with E-state index in [0.717, 1.165) is 0 Å². The van der Waals surface area contributed by atoms with Crippen LogP contribution in [0.4, 0.5) is 0 Å². The molecule has 0 unspecified atom stereocenters. The van der Waals surface area contributed by atoms with Crippen LogP contribution in [0.25, 0.3) is 0 Å². The zero-order valence-corrected chi connectivity index (χ0v) is 10.8. The molecule has 0 radical (unpaired) electrons. The summed E-state index contributed by atoms with van der Waals surface area (Å²) in [5, 5.41) is 0.268. The average molecular weight is 325 g/mol. The van der Waals surface area contributed by atoms with E-state index in [1.807, 2.05) is 42.5 Å². The molecule has 0 aliphatic carbocycles. The predicted octanol–water partition coefficient (Wildman–Crippen LogP) is 2.47. The Balaban J connectivity index is 3.07. The molecule has 76 valence electrons. The smallest absolute Gasteiger partial charge is 0.268 e. The zero-order chi connectivity index (χ0) is 10.7. The first-order chi connectivity index (χ1) is 6.52. The first-order valence-corrected chi connectivity index (χ1v) is 5.52. The molecule has 0 saturated heterocycles. The highest BCUT2D eigenvalue weighted by atomic mass is 127. The van der Waals surface area contributed by atoms with Gasteiger partial charge in [-0.05, 0) is 36.4 Å². The third kappa shape index (κ3) is 2.81. The molecule has 3 nitrogen and oxygen atoms in total. The summed E-state index contributed by atoms with van der Waals surface area (Å²) < 4.78 is 2.00. The van der Waals surface area contributed by atoms with Crippen LogP contribution >= 0.6 is 34.2 Å². The molecule has 1 aromatic heterocycles. The number of nitrogens with zero attached hydrogens (tertiary/aromatic N) is 2. The summed E-state index contributed by atoms with van der Waals surface area (Å²) in [5.74, 6) is 0. The Labute approximate surface area is 101 Å². The summed E-state index contributed by atoms with van der Waals surface area (Å²) in [5.41, 5.74) is 1.07. The molecule has 0 saturated carbocycles. The maximum Gasteiger partial charge on any atom is 0.268 e. The van der Waals surface area contributed by atoms with Gasteiger partial charge in [0, 0.05) is 6.54 Å². The van der Waals surface area contributed by atoms with E-state index in [-0.39, 0.29) is 10.7 Å². The maximum atomic E-state index is 11.6. The maximum absolute atomic E-state index is 11.6. The van der Waals surface area contributed by atoms with Crippen molar-refractivity contribution in [2.24, 2.45) is 0 Å². The fourth-order valence-electron chi connectivity index (χ4n) is 0.855. The Morgan fingerprint density at radius 3 is 2.93 bits per heavy atom. The van der Waals surface area contributed by atoms with Crippen LogP contribution in [0.15, 0.2) is 22.8 Å². The second-order valence-electron chi connectivity index (χ2n) is 3.09. The van der Waals surface area contributed by atoms with Gasteiger partial charge in [0.05, 0.1) is 6.33 Å². The Kier molecular flexibility index (Phi) is 4.12. The van der Waals surface area contributed by atoms with Gasteiger partial charge in [-0.2, -0.15) is 0 Å². The second-order valence-corrected chi connectivity index (χ2v) is 4.53. The molecule has 5 heteroatoms. The number of aromatic nitrogens is 2. The Morgan fingerprint density at radius 2 is 2.36 bits per heavy atom. The SMILES string of the molecule is CC(C)=CCn1cnc(Cl)c(I)c1=O. The van der Waals surface area contributed by atoms with E-state index in [1.54, 1.807) is 0 Å². The highest BCUT2D eigenvalue weighted by Gasteiger charge is 2.05. The van der Waals surface area contributed by atoms with Crippen LogP contribution in [-0.2, 0) is 6.54 Å². The van der Waals surface area contributed by atoms with Crippen molar-refractivity contribution >= 4 is 34.2 Å². The summed E-state index contributed by atoms with van der Waals surface area (Å²) in [6, 6.07) is 0. The minimum atomic E-state index is -0.0944. The summed E-state index contributed by atoms with van der Waals surface area (Å²) >= 11 is 7.60. The monoisotopic (exact) mass is 324 g/mol. The molecule has 1 rings (SSSR count). The first kappa shape index (κ1) is 11.7. The van der Waals surface area contributed by atoms with Crippen LogP contribution in [0, 0.1) is 3.57 Å². The molecule has 14 heavy (non-hydrogen) atoms. The van der Waals surface area contributed by atoms with Crippen molar-refractivity contribution in [1.29, 1.82) is 0 Å². The third-order valence-electron chi connectivity index (χ3n) is 1.64. The van der Waals surface area contributed by atoms with E-state index < -0.39 is 0 Å². The first-order valence-electron chi connectivity index (χ1n) is 4.06. The number of hydrogen-bond acceptors (Lipinski definition) is 2. The van der Waals surface area contributed by atoms with E-state index in [0.29, 0.717) is 10.1 Å². The molecular weight excluding hydrogens is 314 g/mol. The van der Waals surface area contributed by atoms with Gasteiger partial charge in [-0.15, -0.1) is 0 Å². The van der Waals surface area contributed by atoms with Gasteiger partial charge >= 0.3 is 0 Å². The van der Waals surface area contributed by atoms with Gasteiger partial charge in [0.15, 0.2) is 0 Å². The quantitative estimate of drug-likeness (QED) is 0.476. The van der Waals surface area contributed by atoms with Crippen molar-refractivity contribution in [2.45, 2.75) is 20.4 Å². The number of hydrogen-bond donors (Lipinski definition) is 0. The molecule has 0 atom stereocenters. The van der Waals surface area contributed by atoms with Crippen molar-refractivity contribution in [3.63, 3.8) is 0 Å². The van der Waals surface area contributed by atoms with Crippen molar-refractivity contribution in [3.05, 3.63) is 37.1 Å². The third-order valence-corrected chi connectivity index (χ3v) is 3.21. The van der Waals surface area contributed by atoms with Gasteiger partial charge in [-0.1, -0.05) is 23.3 Å². The molecule has 0 aromatic carbocycles. The predicted molar refractivity (Wildman–Crippen MR) is 65.7 cm³/mol. The minimum absolute atomic E-state index is 0.0944. The molecule has 0 bridgehead atoms. The van der Waals surface area contributed by atoms with E-state index in [1.165, 1.54) is 16.5 Å². The van der Waals surface area contributed by atoms with E-state index in [9.17, 15) is 4.79 Å². The van der Waals surface area contributed by atoms with Gasteiger partial charge in [0.1, 0.15) is 8.72 Å². The average Bonchev–Trinajstić information content (AvgIpc) is 2.13. The summed E-state index contributed by atoms with van der Waals surface area (Å²) in [6.45, 7) is 4.51.